The first kappa shape index (κ1) is 19.9. The van der Waals surface area contributed by atoms with Gasteiger partial charge in [0.05, 0.1) is 17.3 Å². The smallest absolute Gasteiger partial charge is 0.254 e. The lowest BCUT2D eigenvalue weighted by molar-refractivity contribution is 0.0655. The van der Waals surface area contributed by atoms with Gasteiger partial charge in [-0.3, -0.25) is 4.79 Å². The van der Waals surface area contributed by atoms with Gasteiger partial charge in [-0.25, -0.2) is 8.42 Å². The monoisotopic (exact) mass is 362 g/mol. The summed E-state index contributed by atoms with van der Waals surface area (Å²) in [5, 5.41) is 3.23. The summed E-state index contributed by atoms with van der Waals surface area (Å²) in [5.74, 6) is -0.124. The van der Waals surface area contributed by atoms with Gasteiger partial charge in [-0.2, -0.15) is 0 Å². The molecule has 0 aliphatic carbocycles. The number of hydrogen-bond donors (Lipinski definition) is 1. The molecule has 0 unspecified atom stereocenters. The van der Waals surface area contributed by atoms with Crippen LogP contribution in [0, 0.1) is 0 Å². The number of methoxy groups -OCH3 is 1. The van der Waals surface area contributed by atoms with E-state index in [9.17, 15) is 13.2 Å². The van der Waals surface area contributed by atoms with Crippen molar-refractivity contribution in [2.24, 2.45) is 0 Å². The van der Waals surface area contributed by atoms with E-state index in [1.807, 2.05) is 11.8 Å². The molecule has 6 nitrogen and oxygen atoms in total. The highest BCUT2D eigenvalue weighted by Crippen LogP contribution is 2.15. The average Bonchev–Trinajstić information content (AvgIpc) is 2.53. The largest absolute Gasteiger partial charge is 0.384 e. The number of sulfone groups is 1. The van der Waals surface area contributed by atoms with Crippen LogP contribution in [0.5, 0.6) is 0 Å². The maximum Gasteiger partial charge on any atom is 0.254 e. The summed E-state index contributed by atoms with van der Waals surface area (Å²) in [6.07, 6.45) is 0. The van der Waals surface area contributed by atoms with Crippen LogP contribution in [-0.4, -0.2) is 64.4 Å². The van der Waals surface area contributed by atoms with E-state index < -0.39 is 9.84 Å². The molecule has 1 amide bonds. The topological polar surface area (TPSA) is 75.7 Å². The van der Waals surface area contributed by atoms with Crippen molar-refractivity contribution >= 4 is 28.2 Å². The quantitative estimate of drug-likeness (QED) is 0.844. The number of benzene rings is 1. The van der Waals surface area contributed by atoms with Crippen LogP contribution in [0.4, 0.5) is 0 Å². The van der Waals surface area contributed by atoms with Crippen LogP contribution in [0.3, 0.4) is 0 Å². The van der Waals surface area contributed by atoms with E-state index in [0.29, 0.717) is 12.1 Å². The van der Waals surface area contributed by atoms with Gasteiger partial charge in [0.25, 0.3) is 5.91 Å². The third-order valence-corrected chi connectivity index (χ3v) is 5.47. The number of ether oxygens (including phenoxy) is 1. The lowest BCUT2D eigenvalue weighted by Gasteiger charge is -2.34. The summed E-state index contributed by atoms with van der Waals surface area (Å²) < 4.78 is 28.9. The molecular formula is C15H23ClN2O4S. The minimum Gasteiger partial charge on any atom is -0.384 e. The van der Waals surface area contributed by atoms with Gasteiger partial charge in [-0.1, -0.05) is 0 Å². The third-order valence-electron chi connectivity index (χ3n) is 3.78. The molecule has 0 saturated carbocycles. The summed E-state index contributed by atoms with van der Waals surface area (Å²) in [6, 6.07) is 6.27. The molecule has 1 aliphatic rings. The Morgan fingerprint density at radius 2 is 2.00 bits per heavy atom. The van der Waals surface area contributed by atoms with Crippen LogP contribution in [0.15, 0.2) is 29.2 Å². The van der Waals surface area contributed by atoms with E-state index in [-0.39, 0.29) is 41.6 Å². The summed E-state index contributed by atoms with van der Waals surface area (Å²) in [6.45, 7) is 4.36. The second kappa shape index (κ2) is 8.63. The van der Waals surface area contributed by atoms with E-state index in [1.54, 1.807) is 12.1 Å². The minimum absolute atomic E-state index is 0. The number of nitrogens with one attached hydrogen (secondary N) is 1. The zero-order chi connectivity index (χ0) is 16.2. The number of hydrogen-bond acceptors (Lipinski definition) is 5. The van der Waals surface area contributed by atoms with Crippen molar-refractivity contribution in [3.05, 3.63) is 29.8 Å². The molecule has 0 aromatic heterocycles. The number of amides is 1. The maximum atomic E-state index is 12.5. The molecule has 1 fully saturated rings. The zero-order valence-corrected chi connectivity index (χ0v) is 15.0. The second-order valence-corrected chi connectivity index (χ2v) is 7.50. The second-order valence-electron chi connectivity index (χ2n) is 5.39. The predicted molar refractivity (Wildman–Crippen MR) is 91.0 cm³/mol. The summed E-state index contributed by atoms with van der Waals surface area (Å²) in [4.78, 5) is 14.5. The third kappa shape index (κ3) is 4.91. The Bertz CT molecular complexity index is 619. The highest BCUT2D eigenvalue weighted by atomic mass is 35.5. The van der Waals surface area contributed by atoms with E-state index in [4.69, 9.17) is 4.74 Å². The number of carbonyl (C=O) groups is 1. The normalized spacial score (nSPS) is 18.3. The first-order valence-corrected chi connectivity index (χ1v) is 8.94. The minimum atomic E-state index is -3.36. The molecule has 8 heteroatoms. The van der Waals surface area contributed by atoms with Gasteiger partial charge in [0, 0.05) is 38.3 Å². The molecule has 0 spiro atoms. The molecule has 2 rings (SSSR count). The lowest BCUT2D eigenvalue weighted by atomic mass is 10.1. The zero-order valence-electron chi connectivity index (χ0n) is 13.3. The highest BCUT2D eigenvalue weighted by Gasteiger charge is 2.24. The molecule has 0 radical (unpaired) electrons. The Balaban J connectivity index is 0.00000264. The molecule has 0 bridgehead atoms. The Labute approximate surface area is 143 Å². The fourth-order valence-corrected chi connectivity index (χ4v) is 3.60. The molecule has 1 saturated heterocycles. The van der Waals surface area contributed by atoms with E-state index >= 15 is 0 Å². The number of nitrogens with zero attached hydrogens (tertiary/aromatic N) is 1. The number of halogens is 1. The van der Waals surface area contributed by atoms with Gasteiger partial charge >= 0.3 is 0 Å². The van der Waals surface area contributed by atoms with Crippen molar-refractivity contribution in [2.75, 3.05) is 39.1 Å². The Kier molecular flexibility index (Phi) is 7.47. The van der Waals surface area contributed by atoms with Gasteiger partial charge in [-0.15, -0.1) is 12.4 Å². The summed E-state index contributed by atoms with van der Waals surface area (Å²) in [5.41, 5.74) is 0.513. The van der Waals surface area contributed by atoms with Crippen LogP contribution >= 0.6 is 12.4 Å². The number of carbonyl (C=O) groups excluding carboxylic acids is 1. The van der Waals surface area contributed by atoms with Crippen molar-refractivity contribution in [1.82, 2.24) is 10.2 Å². The van der Waals surface area contributed by atoms with Crippen molar-refractivity contribution in [2.45, 2.75) is 17.9 Å². The molecule has 23 heavy (non-hydrogen) atoms. The van der Waals surface area contributed by atoms with E-state index in [0.717, 1.165) is 13.1 Å². The molecule has 1 aromatic carbocycles. The van der Waals surface area contributed by atoms with Gasteiger partial charge < -0.3 is 15.0 Å². The maximum absolute atomic E-state index is 12.5. The number of piperazine rings is 1. The molecule has 1 N–H and O–H groups in total. The lowest BCUT2D eigenvalue weighted by Crippen LogP contribution is -2.52. The van der Waals surface area contributed by atoms with Crippen LogP contribution in [0.25, 0.3) is 0 Å². The number of rotatable bonds is 5. The SMILES string of the molecule is COCCS(=O)(=O)c1ccc(C(=O)N2CCNC[C@H]2C)cc1.Cl. The molecule has 1 aliphatic heterocycles. The summed E-state index contributed by atoms with van der Waals surface area (Å²) in [7, 11) is -1.90. The van der Waals surface area contributed by atoms with Gasteiger partial charge in [0.15, 0.2) is 9.84 Å². The Morgan fingerprint density at radius 1 is 1.35 bits per heavy atom. The van der Waals surface area contributed by atoms with Crippen LogP contribution in [-0.2, 0) is 14.6 Å². The molecule has 130 valence electrons. The van der Waals surface area contributed by atoms with Gasteiger partial charge in [0.2, 0.25) is 0 Å². The van der Waals surface area contributed by atoms with Crippen molar-refractivity contribution in [3.63, 3.8) is 0 Å². The fraction of sp³-hybridized carbons (Fsp3) is 0.533. The van der Waals surface area contributed by atoms with Crippen molar-refractivity contribution in [1.29, 1.82) is 0 Å². The standard InChI is InChI=1S/C15H22N2O4S.ClH/c1-12-11-16-7-8-17(12)15(18)13-3-5-14(6-4-13)22(19,20)10-9-21-2;/h3-6,12,16H,7-11H2,1-2H3;1H/t12-;/m1./s1. The Morgan fingerprint density at radius 3 is 2.57 bits per heavy atom. The first-order valence-electron chi connectivity index (χ1n) is 7.29. The fourth-order valence-electron chi connectivity index (χ4n) is 2.42. The van der Waals surface area contributed by atoms with Crippen LogP contribution < -0.4 is 5.32 Å². The van der Waals surface area contributed by atoms with Gasteiger partial charge in [0.1, 0.15) is 0 Å². The van der Waals surface area contributed by atoms with Crippen LogP contribution in [0.2, 0.25) is 0 Å². The average molecular weight is 363 g/mol. The highest BCUT2D eigenvalue weighted by molar-refractivity contribution is 7.91. The summed E-state index contributed by atoms with van der Waals surface area (Å²) >= 11 is 0. The van der Waals surface area contributed by atoms with Gasteiger partial charge in [-0.05, 0) is 31.2 Å². The van der Waals surface area contributed by atoms with Crippen molar-refractivity contribution in [3.8, 4) is 0 Å². The van der Waals surface area contributed by atoms with Crippen LogP contribution in [0.1, 0.15) is 17.3 Å². The Hall–Kier alpha value is -1.15. The van der Waals surface area contributed by atoms with E-state index in [1.165, 1.54) is 19.2 Å². The molecule has 1 atom stereocenters. The first-order chi connectivity index (χ1) is 10.5. The molecule has 1 heterocycles. The molecule has 1 aromatic rings. The molecular weight excluding hydrogens is 340 g/mol. The van der Waals surface area contributed by atoms with Crippen molar-refractivity contribution < 1.29 is 17.9 Å². The predicted octanol–water partition coefficient (Wildman–Crippen LogP) is 0.962. The van der Waals surface area contributed by atoms with E-state index in [2.05, 4.69) is 5.32 Å².